The number of fused-ring (bicyclic) bond motifs is 1. The number of sulfonamides is 1. The van der Waals surface area contributed by atoms with Gasteiger partial charge in [-0.3, -0.25) is 18.9 Å². The van der Waals surface area contributed by atoms with Crippen LogP contribution in [0.15, 0.2) is 23.0 Å². The van der Waals surface area contributed by atoms with Gasteiger partial charge in [-0.1, -0.05) is 27.7 Å². The Kier molecular flexibility index (Phi) is 7.30. The molecule has 0 radical (unpaired) electrons. The molecule has 12 heteroatoms. The van der Waals surface area contributed by atoms with Crippen molar-refractivity contribution in [2.75, 3.05) is 29.4 Å². The second-order valence-electron chi connectivity index (χ2n) is 10.4. The van der Waals surface area contributed by atoms with E-state index in [1.807, 2.05) is 6.92 Å². The number of carbonyl (C=O) groups is 2. The second kappa shape index (κ2) is 9.33. The first-order valence-corrected chi connectivity index (χ1v) is 15.1. The monoisotopic (exact) mass is 526 g/mol. The molecule has 3 unspecified atom stereocenters. The zero-order valence-electron chi connectivity index (χ0n) is 21.3. The summed E-state index contributed by atoms with van der Waals surface area (Å²) in [4.78, 5) is 28.8. The van der Waals surface area contributed by atoms with Crippen LogP contribution in [0.3, 0.4) is 0 Å². The van der Waals surface area contributed by atoms with Crippen molar-refractivity contribution in [1.29, 1.82) is 0 Å². The fraction of sp³-hybridized carbons (Fsp3) is 0.609. The van der Waals surface area contributed by atoms with E-state index >= 15 is 0 Å². The fourth-order valence-corrected chi connectivity index (χ4v) is 6.67. The van der Waals surface area contributed by atoms with Gasteiger partial charge in [0.15, 0.2) is 11.7 Å². The zero-order chi connectivity index (χ0) is 26.4. The van der Waals surface area contributed by atoms with Crippen LogP contribution in [0.4, 0.5) is 11.4 Å². The molecule has 2 heterocycles. The molecule has 3 rings (SSSR count). The molecule has 0 bridgehead atoms. The minimum Gasteiger partial charge on any atom is -0.342 e. The highest BCUT2D eigenvalue weighted by Gasteiger charge is 2.57. The van der Waals surface area contributed by atoms with Gasteiger partial charge in [0.1, 0.15) is 5.84 Å². The van der Waals surface area contributed by atoms with Crippen LogP contribution in [0.25, 0.3) is 0 Å². The summed E-state index contributed by atoms with van der Waals surface area (Å²) in [6.07, 6.45) is 2.16. The van der Waals surface area contributed by atoms with Crippen molar-refractivity contribution in [3.05, 3.63) is 18.2 Å². The van der Waals surface area contributed by atoms with Gasteiger partial charge in [0, 0.05) is 12.2 Å². The van der Waals surface area contributed by atoms with Crippen LogP contribution in [0.2, 0.25) is 0 Å². The third-order valence-electron chi connectivity index (χ3n) is 6.36. The van der Waals surface area contributed by atoms with Crippen LogP contribution in [0, 0.1) is 11.3 Å². The molecule has 1 saturated heterocycles. The normalized spacial score (nSPS) is 26.9. The standard InChI is InChI=1S/C23H35N4O6PS/c1-8-23(6)19(28)18(21(29)27(23)13-12-22(3,4)5)20-24-16-11-10-15(26-35(7,31)32)14-17(16)34(30,25-20)33-9-2/h10-11,14,18,26H,8-9,12-13H2,1-7H3,(H,24,25,30). The summed E-state index contributed by atoms with van der Waals surface area (Å²) in [5.74, 6) is -1.91. The molecule has 2 aliphatic heterocycles. The van der Waals surface area contributed by atoms with Gasteiger partial charge in [-0.2, -0.15) is 4.76 Å². The minimum absolute atomic E-state index is 0.00830. The number of amidine groups is 1. The number of ketones is 1. The van der Waals surface area contributed by atoms with Gasteiger partial charge >= 0.3 is 7.52 Å². The van der Waals surface area contributed by atoms with Gasteiger partial charge in [-0.25, -0.2) is 8.42 Å². The average Bonchev–Trinajstić information content (AvgIpc) is 2.91. The Morgan fingerprint density at radius 3 is 2.46 bits per heavy atom. The van der Waals surface area contributed by atoms with Crippen molar-refractivity contribution < 1.29 is 27.1 Å². The number of Topliss-reactive ketones (excluding diaryl/α,β-unsaturated/α-hetero) is 1. The largest absolute Gasteiger partial charge is 0.348 e. The first kappa shape index (κ1) is 27.4. The third-order valence-corrected chi connectivity index (χ3v) is 9.03. The summed E-state index contributed by atoms with van der Waals surface area (Å²) in [5, 5.41) is 3.17. The van der Waals surface area contributed by atoms with E-state index in [1.54, 1.807) is 18.7 Å². The summed E-state index contributed by atoms with van der Waals surface area (Å²) in [6.45, 7) is 12.0. The van der Waals surface area contributed by atoms with Crippen LogP contribution in [-0.2, 0) is 28.7 Å². The number of likely N-dealkylation sites (tertiary alicyclic amines) is 1. The second-order valence-corrected chi connectivity index (χ2v) is 14.1. The third kappa shape index (κ3) is 5.47. The summed E-state index contributed by atoms with van der Waals surface area (Å²) < 4.78 is 49.4. The Morgan fingerprint density at radius 1 is 1.26 bits per heavy atom. The van der Waals surface area contributed by atoms with E-state index in [1.165, 1.54) is 18.2 Å². The lowest BCUT2D eigenvalue weighted by molar-refractivity contribution is -0.133. The molecular formula is C23H35N4O6PS. The number of hydrogen-bond acceptors (Lipinski definition) is 7. The molecular weight excluding hydrogens is 491 g/mol. The summed E-state index contributed by atoms with van der Waals surface area (Å²) in [5.41, 5.74) is -0.488. The fourth-order valence-electron chi connectivity index (χ4n) is 4.28. The van der Waals surface area contributed by atoms with Crippen molar-refractivity contribution in [3.63, 3.8) is 0 Å². The molecule has 1 amide bonds. The molecule has 10 nitrogen and oxygen atoms in total. The van der Waals surface area contributed by atoms with Gasteiger partial charge in [0.2, 0.25) is 15.9 Å². The van der Waals surface area contributed by atoms with Crippen LogP contribution in [0.1, 0.15) is 54.4 Å². The average molecular weight is 527 g/mol. The zero-order valence-corrected chi connectivity index (χ0v) is 23.0. The molecule has 1 aromatic rings. The van der Waals surface area contributed by atoms with Crippen LogP contribution >= 0.6 is 7.52 Å². The van der Waals surface area contributed by atoms with E-state index in [2.05, 4.69) is 35.6 Å². The summed E-state index contributed by atoms with van der Waals surface area (Å²) in [6, 6.07) is 4.42. The first-order valence-electron chi connectivity index (χ1n) is 11.6. The number of anilines is 2. The highest BCUT2D eigenvalue weighted by atomic mass is 32.2. The van der Waals surface area contributed by atoms with E-state index in [0.717, 1.165) is 6.26 Å². The predicted molar refractivity (Wildman–Crippen MR) is 138 cm³/mol. The molecule has 2 aliphatic rings. The quantitative estimate of drug-likeness (QED) is 0.392. The maximum absolute atomic E-state index is 13.9. The molecule has 1 fully saturated rings. The summed E-state index contributed by atoms with van der Waals surface area (Å²) in [7, 11) is -7.46. The van der Waals surface area contributed by atoms with Gasteiger partial charge in [-0.15, -0.1) is 0 Å². The molecule has 194 valence electrons. The lowest BCUT2D eigenvalue weighted by Gasteiger charge is -2.34. The van der Waals surface area contributed by atoms with E-state index < -0.39 is 29.0 Å². The molecule has 3 atom stereocenters. The Balaban J connectivity index is 2.05. The SMILES string of the molecule is CCOP1(=O)N=C(C2C(=O)N(CCC(C)(C)C)C(C)(CC)C2=O)Nc2ccc(NS(C)(=O)=O)cc21. The summed E-state index contributed by atoms with van der Waals surface area (Å²) >= 11 is 0. The van der Waals surface area contributed by atoms with E-state index in [4.69, 9.17) is 4.52 Å². The Hall–Kier alpha value is -2.23. The number of benzene rings is 1. The molecule has 0 aromatic heterocycles. The maximum Gasteiger partial charge on any atom is 0.348 e. The number of nitrogens with one attached hydrogen (secondary N) is 2. The topological polar surface area (TPSA) is 134 Å². The van der Waals surface area contributed by atoms with Gasteiger partial charge in [-0.05, 0) is 50.3 Å². The van der Waals surface area contributed by atoms with E-state index in [9.17, 15) is 22.6 Å². The Labute approximate surface area is 207 Å². The smallest absolute Gasteiger partial charge is 0.342 e. The van der Waals surface area contributed by atoms with Crippen molar-refractivity contribution in [3.8, 4) is 0 Å². The predicted octanol–water partition coefficient (Wildman–Crippen LogP) is 3.37. The number of carbonyl (C=O) groups excluding carboxylic acids is 2. The van der Waals surface area contributed by atoms with Crippen LogP contribution in [-0.4, -0.2) is 55.8 Å². The molecule has 2 N–H and O–H groups in total. The highest BCUT2D eigenvalue weighted by Crippen LogP contribution is 2.53. The number of rotatable bonds is 8. The van der Waals surface area contributed by atoms with Gasteiger partial charge in [0.25, 0.3) is 0 Å². The first-order chi connectivity index (χ1) is 16.0. The number of amides is 1. The number of nitrogens with zero attached hydrogens (tertiary/aromatic N) is 2. The molecule has 0 saturated carbocycles. The van der Waals surface area contributed by atoms with Crippen molar-refractivity contribution in [2.24, 2.45) is 16.1 Å². The molecule has 0 spiro atoms. The van der Waals surface area contributed by atoms with Crippen molar-refractivity contribution in [1.82, 2.24) is 4.90 Å². The van der Waals surface area contributed by atoms with Gasteiger partial charge < -0.3 is 14.7 Å². The van der Waals surface area contributed by atoms with Gasteiger partial charge in [0.05, 0.1) is 29.4 Å². The molecule has 1 aromatic carbocycles. The molecule has 35 heavy (non-hydrogen) atoms. The Bertz CT molecular complexity index is 1220. The lowest BCUT2D eigenvalue weighted by Crippen LogP contribution is -2.47. The Morgan fingerprint density at radius 2 is 1.91 bits per heavy atom. The van der Waals surface area contributed by atoms with E-state index in [0.29, 0.717) is 25.1 Å². The lowest BCUT2D eigenvalue weighted by atomic mass is 9.88. The maximum atomic E-state index is 13.9. The highest BCUT2D eigenvalue weighted by molar-refractivity contribution is 7.92. The van der Waals surface area contributed by atoms with Crippen LogP contribution < -0.4 is 15.3 Å². The minimum atomic E-state index is -3.90. The van der Waals surface area contributed by atoms with Crippen molar-refractivity contribution >= 4 is 51.7 Å². The molecule has 0 aliphatic carbocycles. The van der Waals surface area contributed by atoms with Crippen LogP contribution in [0.5, 0.6) is 0 Å². The van der Waals surface area contributed by atoms with E-state index in [-0.39, 0.29) is 40.5 Å². The van der Waals surface area contributed by atoms with Crippen molar-refractivity contribution in [2.45, 2.75) is 59.9 Å². The number of hydrogen-bond donors (Lipinski definition) is 2.